The highest BCUT2D eigenvalue weighted by atomic mass is 35.5. The molecule has 0 spiro atoms. The number of pyridine rings is 1. The van der Waals surface area contributed by atoms with E-state index in [0.717, 1.165) is 17.0 Å². The zero-order valence-electron chi connectivity index (χ0n) is 14.4. The minimum Gasteiger partial charge on any atom is -0.495 e. The lowest BCUT2D eigenvalue weighted by Gasteiger charge is -2.12. The molecule has 0 fully saturated rings. The fourth-order valence-corrected chi connectivity index (χ4v) is 2.54. The van der Waals surface area contributed by atoms with Gasteiger partial charge in [-0.15, -0.1) is 0 Å². The van der Waals surface area contributed by atoms with Crippen molar-refractivity contribution in [3.8, 4) is 5.75 Å². The maximum atomic E-state index is 12.6. The number of aryl methyl sites for hydroxylation is 1. The van der Waals surface area contributed by atoms with Gasteiger partial charge in [-0.3, -0.25) is 9.78 Å². The number of amides is 1. The molecule has 0 radical (unpaired) electrons. The number of nitrogens with one attached hydrogen (secondary N) is 2. The van der Waals surface area contributed by atoms with Gasteiger partial charge in [-0.2, -0.15) is 0 Å². The number of anilines is 2. The minimum absolute atomic E-state index is 0.282. The highest BCUT2D eigenvalue weighted by Crippen LogP contribution is 2.31. The van der Waals surface area contributed by atoms with E-state index >= 15 is 0 Å². The summed E-state index contributed by atoms with van der Waals surface area (Å²) in [4.78, 5) is 16.7. The molecule has 0 saturated carbocycles. The number of hydrogen-bond acceptors (Lipinski definition) is 5. The summed E-state index contributed by atoms with van der Waals surface area (Å²) >= 11 is 6.09. The molecule has 0 unspecified atom stereocenters. The largest absolute Gasteiger partial charge is 0.495 e. The molecule has 0 aliphatic carbocycles. The lowest BCUT2D eigenvalue weighted by atomic mass is 10.2. The maximum absolute atomic E-state index is 12.6. The lowest BCUT2D eigenvalue weighted by Crippen LogP contribution is -2.15. The quantitative estimate of drug-likeness (QED) is 0.666. The first-order chi connectivity index (χ1) is 12.6. The number of methoxy groups -OCH3 is 1. The summed E-state index contributed by atoms with van der Waals surface area (Å²) in [7, 11) is 1.52. The Morgan fingerprint density at radius 3 is 2.88 bits per heavy atom. The third-order valence-electron chi connectivity index (χ3n) is 3.77. The van der Waals surface area contributed by atoms with Crippen molar-refractivity contribution < 1.29 is 13.9 Å². The third kappa shape index (κ3) is 4.15. The molecule has 2 N–H and O–H groups in total. The molecule has 7 heteroatoms. The summed E-state index contributed by atoms with van der Waals surface area (Å²) in [6.45, 7) is 2.37. The van der Waals surface area contributed by atoms with Gasteiger partial charge in [0.05, 0.1) is 25.6 Å². The number of carbonyl (C=O) groups is 1. The molecule has 3 rings (SSSR count). The molecule has 2 aromatic heterocycles. The highest BCUT2D eigenvalue weighted by Gasteiger charge is 2.13. The summed E-state index contributed by atoms with van der Waals surface area (Å²) in [5.41, 5.74) is 2.42. The van der Waals surface area contributed by atoms with Crippen LogP contribution in [0.25, 0.3) is 0 Å². The molecule has 134 valence electrons. The van der Waals surface area contributed by atoms with E-state index in [2.05, 4.69) is 15.6 Å². The summed E-state index contributed by atoms with van der Waals surface area (Å²) in [5, 5.41) is 6.57. The average molecular weight is 372 g/mol. The van der Waals surface area contributed by atoms with Gasteiger partial charge in [0.15, 0.2) is 0 Å². The van der Waals surface area contributed by atoms with E-state index in [1.807, 2.05) is 19.1 Å². The second kappa shape index (κ2) is 7.93. The van der Waals surface area contributed by atoms with E-state index in [1.165, 1.54) is 7.11 Å². The van der Waals surface area contributed by atoms with Gasteiger partial charge in [-0.1, -0.05) is 11.6 Å². The molecule has 26 heavy (non-hydrogen) atoms. The Morgan fingerprint density at radius 1 is 1.31 bits per heavy atom. The van der Waals surface area contributed by atoms with Crippen LogP contribution in [0.15, 0.2) is 53.3 Å². The minimum atomic E-state index is -0.341. The van der Waals surface area contributed by atoms with Crippen LogP contribution >= 0.6 is 11.6 Å². The van der Waals surface area contributed by atoms with Gasteiger partial charge in [-0.05, 0) is 42.8 Å². The SMILES string of the molecule is COc1cc(Cl)c(C)cc1NC(=O)c1cc(NCc2ccco2)ccn1. The molecule has 2 heterocycles. The third-order valence-corrected chi connectivity index (χ3v) is 4.18. The number of ether oxygens (including phenoxy) is 1. The van der Waals surface area contributed by atoms with Crippen LogP contribution in [0.5, 0.6) is 5.75 Å². The summed E-state index contributed by atoms with van der Waals surface area (Å²) in [6, 6.07) is 10.6. The molecule has 0 aliphatic heterocycles. The van der Waals surface area contributed by atoms with E-state index in [1.54, 1.807) is 36.7 Å². The zero-order chi connectivity index (χ0) is 18.5. The molecule has 0 bridgehead atoms. The van der Waals surface area contributed by atoms with Crippen LogP contribution < -0.4 is 15.4 Å². The van der Waals surface area contributed by atoms with Gasteiger partial charge in [0.2, 0.25) is 0 Å². The molecule has 0 atom stereocenters. The van der Waals surface area contributed by atoms with Crippen molar-refractivity contribution in [1.29, 1.82) is 0 Å². The Bertz CT molecular complexity index is 910. The number of carbonyl (C=O) groups excluding carboxylic acids is 1. The lowest BCUT2D eigenvalue weighted by molar-refractivity contribution is 0.102. The van der Waals surface area contributed by atoms with Crippen LogP contribution in [0, 0.1) is 6.92 Å². The van der Waals surface area contributed by atoms with Crippen molar-refractivity contribution in [2.24, 2.45) is 0 Å². The normalized spacial score (nSPS) is 10.4. The van der Waals surface area contributed by atoms with Crippen molar-refractivity contribution in [3.05, 3.63) is 70.9 Å². The van der Waals surface area contributed by atoms with Crippen LogP contribution in [-0.4, -0.2) is 18.0 Å². The second-order valence-corrected chi connectivity index (χ2v) is 6.03. The Morgan fingerprint density at radius 2 is 2.15 bits per heavy atom. The van der Waals surface area contributed by atoms with Gasteiger partial charge in [-0.25, -0.2) is 0 Å². The van der Waals surface area contributed by atoms with Gasteiger partial charge in [0, 0.05) is 23.0 Å². The van der Waals surface area contributed by atoms with E-state index in [0.29, 0.717) is 23.0 Å². The first-order valence-corrected chi connectivity index (χ1v) is 8.32. The monoisotopic (exact) mass is 371 g/mol. The molecule has 0 aliphatic rings. The van der Waals surface area contributed by atoms with Crippen LogP contribution in [0.3, 0.4) is 0 Å². The van der Waals surface area contributed by atoms with Crippen molar-refractivity contribution in [3.63, 3.8) is 0 Å². The summed E-state index contributed by atoms with van der Waals surface area (Å²) in [6.07, 6.45) is 3.19. The maximum Gasteiger partial charge on any atom is 0.274 e. The number of rotatable bonds is 6. The van der Waals surface area contributed by atoms with Crippen LogP contribution in [0.1, 0.15) is 21.8 Å². The van der Waals surface area contributed by atoms with E-state index < -0.39 is 0 Å². The van der Waals surface area contributed by atoms with Crippen molar-refractivity contribution in [2.45, 2.75) is 13.5 Å². The molecular weight excluding hydrogens is 354 g/mol. The number of nitrogens with zero attached hydrogens (tertiary/aromatic N) is 1. The number of aromatic nitrogens is 1. The average Bonchev–Trinajstić information content (AvgIpc) is 3.16. The Balaban J connectivity index is 1.74. The Labute approximate surface area is 156 Å². The Hall–Kier alpha value is -2.99. The molecular formula is C19H18ClN3O3. The van der Waals surface area contributed by atoms with Crippen LogP contribution in [0.4, 0.5) is 11.4 Å². The number of benzene rings is 1. The predicted octanol–water partition coefficient (Wildman–Crippen LogP) is 4.51. The molecule has 1 aromatic carbocycles. The first-order valence-electron chi connectivity index (χ1n) is 7.94. The van der Waals surface area contributed by atoms with Gasteiger partial charge < -0.3 is 19.8 Å². The molecule has 6 nitrogen and oxygen atoms in total. The van der Waals surface area contributed by atoms with E-state index in [9.17, 15) is 4.79 Å². The first kappa shape index (κ1) is 17.8. The van der Waals surface area contributed by atoms with E-state index in [4.69, 9.17) is 20.8 Å². The summed E-state index contributed by atoms with van der Waals surface area (Å²) in [5.74, 6) is 0.946. The van der Waals surface area contributed by atoms with Crippen molar-refractivity contribution >= 4 is 28.9 Å². The van der Waals surface area contributed by atoms with Crippen LogP contribution in [0.2, 0.25) is 5.02 Å². The predicted molar refractivity (Wildman–Crippen MR) is 101 cm³/mol. The fourth-order valence-electron chi connectivity index (χ4n) is 2.38. The highest BCUT2D eigenvalue weighted by molar-refractivity contribution is 6.31. The van der Waals surface area contributed by atoms with Gasteiger partial charge >= 0.3 is 0 Å². The van der Waals surface area contributed by atoms with Crippen LogP contribution in [-0.2, 0) is 6.54 Å². The second-order valence-electron chi connectivity index (χ2n) is 5.62. The van der Waals surface area contributed by atoms with E-state index in [-0.39, 0.29) is 11.6 Å². The van der Waals surface area contributed by atoms with Crippen molar-refractivity contribution in [1.82, 2.24) is 4.98 Å². The smallest absolute Gasteiger partial charge is 0.274 e. The van der Waals surface area contributed by atoms with Gasteiger partial charge in [0.1, 0.15) is 17.2 Å². The zero-order valence-corrected chi connectivity index (χ0v) is 15.1. The number of halogens is 1. The standard InChI is InChI=1S/C19H18ClN3O3/c1-12-8-16(18(25-2)10-15(12)20)23-19(24)17-9-13(5-6-21-17)22-11-14-4-3-7-26-14/h3-10H,11H2,1-2H3,(H,21,22)(H,23,24). The topological polar surface area (TPSA) is 76.4 Å². The fraction of sp³-hybridized carbons (Fsp3) is 0.158. The van der Waals surface area contributed by atoms with Gasteiger partial charge in [0.25, 0.3) is 5.91 Å². The Kier molecular flexibility index (Phi) is 5.43. The summed E-state index contributed by atoms with van der Waals surface area (Å²) < 4.78 is 10.6. The van der Waals surface area contributed by atoms with Crippen molar-refractivity contribution in [2.75, 3.05) is 17.7 Å². The molecule has 0 saturated heterocycles. The molecule has 1 amide bonds. The number of furan rings is 1. The number of hydrogen-bond donors (Lipinski definition) is 2. The molecule has 3 aromatic rings.